The van der Waals surface area contributed by atoms with Gasteiger partial charge in [-0.2, -0.15) is 0 Å². The third kappa shape index (κ3) is 12.2. The topological polar surface area (TPSA) is 0 Å². The number of rotatable bonds is 4. The van der Waals surface area contributed by atoms with Crippen LogP contribution in [-0.4, -0.2) is 47.3 Å². The van der Waals surface area contributed by atoms with E-state index in [-0.39, 0.29) is 31.7 Å². The van der Waals surface area contributed by atoms with Gasteiger partial charge in [0.2, 0.25) is 0 Å². The molecule has 0 nitrogen and oxygen atoms in total. The van der Waals surface area contributed by atoms with Gasteiger partial charge in [0, 0.05) is 0 Å². The van der Waals surface area contributed by atoms with Crippen LogP contribution in [0.2, 0.25) is 0 Å². The molecule has 0 fully saturated rings. The maximum absolute atomic E-state index is 4.58. The Morgan fingerprint density at radius 1 is 0.395 bits per heavy atom. The fraction of sp³-hybridized carbons (Fsp3) is 0.625. The summed E-state index contributed by atoms with van der Waals surface area (Å²) >= 11 is 1.75. The molecule has 0 heterocycles. The Labute approximate surface area is 259 Å². The van der Waals surface area contributed by atoms with Crippen molar-refractivity contribution in [3.8, 4) is 0 Å². The predicted molar refractivity (Wildman–Crippen MR) is 188 cm³/mol. The fourth-order valence-corrected chi connectivity index (χ4v) is 11.1. The van der Waals surface area contributed by atoms with E-state index in [1.54, 1.807) is 41.2 Å². The van der Waals surface area contributed by atoms with Gasteiger partial charge in [-0.15, -0.1) is 0 Å². The molecule has 0 aliphatic carbocycles. The van der Waals surface area contributed by atoms with E-state index in [0.717, 1.165) is 0 Å². The number of benzene rings is 2. The molecule has 38 heavy (non-hydrogen) atoms. The van der Waals surface area contributed by atoms with Crippen molar-refractivity contribution in [2.45, 2.75) is 104 Å². The zero-order chi connectivity index (χ0) is 30.3. The fourth-order valence-electron chi connectivity index (χ4n) is 3.51. The summed E-state index contributed by atoms with van der Waals surface area (Å²) in [7, 11) is 4.18. The normalized spacial score (nSPS) is 15.8. The number of hydrogen-bond donors (Lipinski definition) is 0. The molecule has 0 spiro atoms. The molecule has 0 unspecified atom stereocenters. The molecule has 0 aromatic heterocycles. The molecule has 4 atom stereocenters. The number of halogens is 1. The van der Waals surface area contributed by atoms with Crippen LogP contribution in [0.4, 0.5) is 0 Å². The number of hydrogen-bond acceptors (Lipinski definition) is 0. The summed E-state index contributed by atoms with van der Waals surface area (Å²) in [5.41, 5.74) is 0. The Morgan fingerprint density at radius 3 is 0.632 bits per heavy atom. The van der Waals surface area contributed by atoms with E-state index >= 15 is 0 Å². The van der Waals surface area contributed by atoms with Crippen molar-refractivity contribution < 1.29 is 20.0 Å². The van der Waals surface area contributed by atoms with E-state index in [9.17, 15) is 0 Å². The van der Waals surface area contributed by atoms with Gasteiger partial charge < -0.3 is 0 Å². The minimum atomic E-state index is -0.101. The van der Waals surface area contributed by atoms with Gasteiger partial charge in [0.15, 0.2) is 0 Å². The standard InChI is InChI=1S/2C16H28P2.Au.ClH/c2*1-15(2,3)17(7)13-11-9-10-12-14(13)18(8)16(4,5)6;;/h2*9-12H,1-8H3;;1H/q;;+1;/p-1/t2*17-,18-;;/m11../s1. The first kappa shape index (κ1) is 39.2. The van der Waals surface area contributed by atoms with Crippen LogP contribution in [0.1, 0.15) is 83.1 Å². The molecule has 0 bridgehead atoms. The van der Waals surface area contributed by atoms with E-state index in [2.05, 4.69) is 167 Å². The van der Waals surface area contributed by atoms with Crippen molar-refractivity contribution in [2.75, 3.05) is 26.7 Å². The molecular formula is C32H56AuClP4. The van der Waals surface area contributed by atoms with Crippen molar-refractivity contribution >= 4 is 62.1 Å². The third-order valence-electron chi connectivity index (χ3n) is 7.23. The van der Waals surface area contributed by atoms with Crippen LogP contribution in [0.25, 0.3) is 0 Å². The van der Waals surface area contributed by atoms with Crippen LogP contribution < -0.4 is 21.2 Å². The molecule has 0 radical (unpaired) electrons. The zero-order valence-corrected chi connectivity index (χ0v) is 33.6. The van der Waals surface area contributed by atoms with Crippen LogP contribution in [0.15, 0.2) is 48.5 Å². The van der Waals surface area contributed by atoms with Crippen LogP contribution in [0.3, 0.4) is 0 Å². The predicted octanol–water partition coefficient (Wildman–Crippen LogP) is 10.2. The van der Waals surface area contributed by atoms with Gasteiger partial charge in [-0.3, -0.25) is 0 Å². The molecule has 0 saturated carbocycles. The van der Waals surface area contributed by atoms with Crippen molar-refractivity contribution in [3.63, 3.8) is 0 Å². The summed E-state index contributed by atoms with van der Waals surface area (Å²) in [6.45, 7) is 38.1. The summed E-state index contributed by atoms with van der Waals surface area (Å²) in [4.78, 5) is 0. The maximum atomic E-state index is 4.58. The van der Waals surface area contributed by atoms with Crippen LogP contribution >= 0.6 is 40.9 Å². The van der Waals surface area contributed by atoms with E-state index in [4.69, 9.17) is 0 Å². The van der Waals surface area contributed by atoms with Crippen LogP contribution in [0, 0.1) is 0 Å². The quantitative estimate of drug-likeness (QED) is 0.214. The Balaban J connectivity index is 0.000000676. The van der Waals surface area contributed by atoms with Crippen molar-refractivity contribution in [1.29, 1.82) is 0 Å². The summed E-state index contributed by atoms with van der Waals surface area (Å²) in [6, 6.07) is 18.2. The van der Waals surface area contributed by atoms with Crippen LogP contribution in [0.5, 0.6) is 0 Å². The Morgan fingerprint density at radius 2 is 0.526 bits per heavy atom. The molecular weight excluding hydrogens is 741 g/mol. The molecule has 2 aromatic rings. The van der Waals surface area contributed by atoms with Crippen LogP contribution in [-0.2, 0) is 20.0 Å². The molecule has 0 aliphatic heterocycles. The molecule has 0 amide bonds. The van der Waals surface area contributed by atoms with Crippen molar-refractivity contribution in [2.24, 2.45) is 0 Å². The van der Waals surface area contributed by atoms with E-state index in [1.165, 1.54) is 0 Å². The molecule has 0 saturated heterocycles. The average Bonchev–Trinajstić information content (AvgIpc) is 2.81. The van der Waals surface area contributed by atoms with Gasteiger partial charge in [-0.05, 0) is 68.5 Å². The van der Waals surface area contributed by atoms with Gasteiger partial charge in [0.05, 0.1) is 0 Å². The van der Waals surface area contributed by atoms with Gasteiger partial charge >= 0.3 is 29.2 Å². The summed E-state index contributed by atoms with van der Waals surface area (Å²) in [5, 5.41) is 8.01. The second kappa shape index (κ2) is 16.1. The first-order valence-electron chi connectivity index (χ1n) is 13.3. The summed E-state index contributed by atoms with van der Waals surface area (Å²) in [6.07, 6.45) is 0. The van der Waals surface area contributed by atoms with Crippen molar-refractivity contribution in [1.82, 2.24) is 0 Å². The van der Waals surface area contributed by atoms with Crippen molar-refractivity contribution in [3.05, 3.63) is 48.5 Å². The van der Waals surface area contributed by atoms with Gasteiger partial charge in [0.1, 0.15) is 0 Å². The monoisotopic (exact) mass is 796 g/mol. The second-order valence-corrected chi connectivity index (χ2v) is 25.7. The second-order valence-electron chi connectivity index (χ2n) is 13.9. The van der Waals surface area contributed by atoms with Gasteiger partial charge in [-0.25, -0.2) is 0 Å². The molecule has 2 rings (SSSR count). The molecule has 2 aromatic carbocycles. The van der Waals surface area contributed by atoms with E-state index < -0.39 is 0 Å². The summed E-state index contributed by atoms with van der Waals surface area (Å²) < 4.78 is 0. The average molecular weight is 797 g/mol. The SMILES string of the molecule is C[P@](c1ccccc1[P@@](C)C(C)(C)C)C(C)(C)C.C[P@](c1ccccc1[P@@](C)C(C)(C)C)C(C)(C)C.[Cl][Au]. The Kier molecular flexibility index (Phi) is 16.7. The Hall–Kier alpha value is 1.19. The molecule has 6 heteroatoms. The first-order chi connectivity index (χ1) is 17.1. The van der Waals surface area contributed by atoms with Gasteiger partial charge in [-0.1, -0.05) is 163 Å². The molecule has 0 aliphatic rings. The van der Waals surface area contributed by atoms with Gasteiger partial charge in [0.25, 0.3) is 0 Å². The van der Waals surface area contributed by atoms with E-state index in [0.29, 0.717) is 20.6 Å². The Bertz CT molecular complexity index is 807. The van der Waals surface area contributed by atoms with E-state index in [1.807, 2.05) is 0 Å². The minimum absolute atomic E-state index is 0.101. The molecule has 0 N–H and O–H groups in total. The first-order valence-corrected chi connectivity index (χ1v) is 23.2. The third-order valence-corrected chi connectivity index (χ3v) is 20.1. The summed E-state index contributed by atoms with van der Waals surface area (Å²) in [5.74, 6) is 0. The zero-order valence-electron chi connectivity index (χ0n) is 27.1. The molecule has 222 valence electrons.